The van der Waals surface area contributed by atoms with Gasteiger partial charge in [0.05, 0.1) is 10.2 Å². The number of thiazole rings is 1. The molecule has 4 aromatic rings. The van der Waals surface area contributed by atoms with Gasteiger partial charge in [0.1, 0.15) is 10.6 Å². The fourth-order valence-corrected chi connectivity index (χ4v) is 5.08. The number of carbonyl (C=O) groups excluding carboxylic acids is 2. The highest BCUT2D eigenvalue weighted by Crippen LogP contribution is 2.34. The van der Waals surface area contributed by atoms with Crippen molar-refractivity contribution in [2.75, 3.05) is 5.32 Å². The molecule has 160 valence electrons. The molecule has 0 unspecified atom stereocenters. The molecule has 5 rings (SSSR count). The number of fused-ring (bicyclic) bond motifs is 2. The summed E-state index contributed by atoms with van der Waals surface area (Å²) in [5.74, 6) is -0.604. The molecule has 0 spiro atoms. The molecule has 32 heavy (non-hydrogen) atoms. The molecule has 0 bridgehead atoms. The molecule has 2 aromatic heterocycles. The summed E-state index contributed by atoms with van der Waals surface area (Å²) >= 11 is 1.58. The lowest BCUT2D eigenvalue weighted by atomic mass is 9.75. The van der Waals surface area contributed by atoms with Gasteiger partial charge in [-0.25, -0.2) is 4.98 Å². The van der Waals surface area contributed by atoms with Gasteiger partial charge in [-0.15, -0.1) is 11.3 Å². The Kier molecular flexibility index (Phi) is 4.78. The van der Waals surface area contributed by atoms with Crippen LogP contribution < -0.4 is 10.9 Å². The maximum Gasteiger partial charge on any atom is 0.261 e. The van der Waals surface area contributed by atoms with Crippen molar-refractivity contribution < 1.29 is 9.59 Å². The predicted octanol–water partition coefficient (Wildman–Crippen LogP) is 5.06. The summed E-state index contributed by atoms with van der Waals surface area (Å²) in [6, 6.07) is 16.7. The van der Waals surface area contributed by atoms with E-state index in [1.807, 2.05) is 56.3 Å². The van der Waals surface area contributed by atoms with Crippen molar-refractivity contribution in [3.8, 4) is 10.6 Å². The lowest BCUT2D eigenvalue weighted by Gasteiger charge is -2.29. The summed E-state index contributed by atoms with van der Waals surface area (Å²) in [6.07, 6.45) is 0.979. The first kappa shape index (κ1) is 20.3. The highest BCUT2D eigenvalue weighted by Gasteiger charge is 2.32. The zero-order valence-electron chi connectivity index (χ0n) is 17.7. The number of Topliss-reactive ketones (excluding diaryl/α,β-unsaturated/α-hetero) is 1. The van der Waals surface area contributed by atoms with Gasteiger partial charge in [-0.2, -0.15) is 0 Å². The third-order valence-corrected chi connectivity index (χ3v) is 6.71. The van der Waals surface area contributed by atoms with Crippen LogP contribution in [-0.2, 0) is 6.42 Å². The molecular formula is C25H21N3O3S. The molecule has 1 aliphatic rings. The third-order valence-electron chi connectivity index (χ3n) is 5.62. The largest absolute Gasteiger partial charge is 0.325 e. The van der Waals surface area contributed by atoms with E-state index in [2.05, 4.69) is 15.3 Å². The number of anilines is 1. The van der Waals surface area contributed by atoms with Crippen LogP contribution in [0.3, 0.4) is 0 Å². The van der Waals surface area contributed by atoms with Gasteiger partial charge in [0.25, 0.3) is 11.5 Å². The molecule has 0 saturated carbocycles. The number of pyridine rings is 1. The van der Waals surface area contributed by atoms with Crippen molar-refractivity contribution in [3.63, 3.8) is 0 Å². The van der Waals surface area contributed by atoms with Crippen molar-refractivity contribution in [2.45, 2.75) is 26.7 Å². The first-order chi connectivity index (χ1) is 15.3. The van der Waals surface area contributed by atoms with Crippen LogP contribution in [0.25, 0.3) is 20.8 Å². The Morgan fingerprint density at radius 1 is 1.06 bits per heavy atom. The smallest absolute Gasteiger partial charge is 0.261 e. The monoisotopic (exact) mass is 443 g/mol. The summed E-state index contributed by atoms with van der Waals surface area (Å²) < 4.78 is 1.09. The van der Waals surface area contributed by atoms with Crippen LogP contribution in [0, 0.1) is 5.41 Å². The lowest BCUT2D eigenvalue weighted by Crippen LogP contribution is -2.32. The Bertz CT molecular complexity index is 1420. The topological polar surface area (TPSA) is 91.9 Å². The molecule has 1 aliphatic carbocycles. The van der Waals surface area contributed by atoms with Crippen LogP contribution in [0.4, 0.5) is 5.69 Å². The summed E-state index contributed by atoms with van der Waals surface area (Å²) in [7, 11) is 0. The Morgan fingerprint density at radius 2 is 1.88 bits per heavy atom. The maximum absolute atomic E-state index is 12.9. The van der Waals surface area contributed by atoms with Gasteiger partial charge in [-0.3, -0.25) is 14.4 Å². The van der Waals surface area contributed by atoms with Crippen molar-refractivity contribution in [2.24, 2.45) is 5.41 Å². The standard InChI is InChI=1S/C25H21N3O3S/c1-25(2)12-19-16(20(29)13-25)11-17(23(31)27-19)22(30)26-15-7-5-6-14(10-15)24-28-18-8-3-4-9-21(18)32-24/h3-11H,12-13H2,1-2H3,(H,26,30)(H,27,31). The Hall–Kier alpha value is -3.58. The summed E-state index contributed by atoms with van der Waals surface area (Å²) in [4.78, 5) is 45.5. The predicted molar refractivity (Wildman–Crippen MR) is 127 cm³/mol. The Morgan fingerprint density at radius 3 is 2.69 bits per heavy atom. The quantitative estimate of drug-likeness (QED) is 0.463. The molecule has 6 nitrogen and oxygen atoms in total. The summed E-state index contributed by atoms with van der Waals surface area (Å²) in [5, 5.41) is 3.64. The molecule has 2 aromatic carbocycles. The van der Waals surface area contributed by atoms with Gasteiger partial charge in [-0.1, -0.05) is 38.1 Å². The fraction of sp³-hybridized carbons (Fsp3) is 0.200. The van der Waals surface area contributed by atoms with Gasteiger partial charge in [0.15, 0.2) is 5.78 Å². The minimum absolute atomic E-state index is 0.0561. The zero-order chi connectivity index (χ0) is 22.5. The zero-order valence-corrected chi connectivity index (χ0v) is 18.5. The van der Waals surface area contributed by atoms with Gasteiger partial charge in [0, 0.05) is 28.9 Å². The number of aromatic amines is 1. The van der Waals surface area contributed by atoms with E-state index in [1.165, 1.54) is 6.07 Å². The van der Waals surface area contributed by atoms with Gasteiger partial charge in [-0.05, 0) is 42.2 Å². The number of H-pyrrole nitrogens is 1. The number of para-hydroxylation sites is 1. The number of nitrogens with one attached hydrogen (secondary N) is 2. The molecular weight excluding hydrogens is 422 g/mol. The lowest BCUT2D eigenvalue weighted by molar-refractivity contribution is 0.0910. The minimum atomic E-state index is -0.548. The number of hydrogen-bond acceptors (Lipinski definition) is 5. The van der Waals surface area contributed by atoms with Crippen molar-refractivity contribution >= 4 is 38.9 Å². The van der Waals surface area contributed by atoms with E-state index in [0.29, 0.717) is 29.8 Å². The van der Waals surface area contributed by atoms with Crippen LogP contribution in [0.1, 0.15) is 46.7 Å². The highest BCUT2D eigenvalue weighted by molar-refractivity contribution is 7.21. The van der Waals surface area contributed by atoms with E-state index in [0.717, 1.165) is 20.8 Å². The summed E-state index contributed by atoms with van der Waals surface area (Å²) in [6.45, 7) is 3.98. The number of rotatable bonds is 3. The number of nitrogens with zero attached hydrogens (tertiary/aromatic N) is 1. The minimum Gasteiger partial charge on any atom is -0.325 e. The number of amides is 1. The Balaban J connectivity index is 1.43. The molecule has 7 heteroatoms. The molecule has 2 N–H and O–H groups in total. The van der Waals surface area contributed by atoms with Crippen LogP contribution in [0.2, 0.25) is 0 Å². The van der Waals surface area contributed by atoms with Gasteiger partial charge < -0.3 is 10.3 Å². The van der Waals surface area contributed by atoms with E-state index < -0.39 is 11.5 Å². The van der Waals surface area contributed by atoms with Crippen LogP contribution in [0.5, 0.6) is 0 Å². The maximum atomic E-state index is 12.9. The number of carbonyl (C=O) groups is 2. The normalized spacial score (nSPS) is 14.9. The number of aromatic nitrogens is 2. The van der Waals surface area contributed by atoms with Crippen molar-refractivity contribution in [1.82, 2.24) is 9.97 Å². The van der Waals surface area contributed by atoms with Gasteiger partial charge >= 0.3 is 0 Å². The van der Waals surface area contributed by atoms with E-state index in [-0.39, 0.29) is 16.8 Å². The summed E-state index contributed by atoms with van der Waals surface area (Å²) in [5.41, 5.74) is 2.62. The molecule has 0 radical (unpaired) electrons. The molecule has 0 atom stereocenters. The fourth-order valence-electron chi connectivity index (χ4n) is 4.12. The first-order valence-corrected chi connectivity index (χ1v) is 11.2. The van der Waals surface area contributed by atoms with E-state index in [4.69, 9.17) is 0 Å². The number of benzene rings is 2. The second-order valence-corrected chi connectivity index (χ2v) is 9.90. The van der Waals surface area contributed by atoms with Gasteiger partial charge in [0.2, 0.25) is 0 Å². The van der Waals surface area contributed by atoms with Crippen molar-refractivity contribution in [1.29, 1.82) is 0 Å². The van der Waals surface area contributed by atoms with Crippen LogP contribution in [-0.4, -0.2) is 21.7 Å². The third kappa shape index (κ3) is 3.76. The highest BCUT2D eigenvalue weighted by atomic mass is 32.1. The molecule has 2 heterocycles. The van der Waals surface area contributed by atoms with Crippen LogP contribution in [0.15, 0.2) is 59.4 Å². The second kappa shape index (κ2) is 7.53. The molecule has 0 fully saturated rings. The van der Waals surface area contributed by atoms with Crippen LogP contribution >= 0.6 is 11.3 Å². The Labute approximate surface area is 188 Å². The molecule has 1 amide bonds. The average Bonchev–Trinajstić information content (AvgIpc) is 3.17. The van der Waals surface area contributed by atoms with E-state index >= 15 is 0 Å². The first-order valence-electron chi connectivity index (χ1n) is 10.4. The van der Waals surface area contributed by atoms with E-state index in [1.54, 1.807) is 17.4 Å². The molecule has 0 aliphatic heterocycles. The number of ketones is 1. The SMILES string of the molecule is CC1(C)CC(=O)c2cc(C(=O)Nc3cccc(-c4nc5ccccc5s4)c3)c(=O)[nH]c2C1. The average molecular weight is 444 g/mol. The number of hydrogen-bond donors (Lipinski definition) is 2. The van der Waals surface area contributed by atoms with E-state index in [9.17, 15) is 14.4 Å². The second-order valence-electron chi connectivity index (χ2n) is 8.87. The van der Waals surface area contributed by atoms with Crippen molar-refractivity contribution in [3.05, 3.63) is 81.8 Å². The molecule has 0 saturated heterocycles.